The molecule has 3 aromatic carbocycles. The Morgan fingerprint density at radius 3 is 2.41 bits per heavy atom. The maximum absolute atomic E-state index is 15.5. The summed E-state index contributed by atoms with van der Waals surface area (Å²) in [5.41, 5.74) is 0.166. The predicted molar refractivity (Wildman–Crippen MR) is 172 cm³/mol. The second kappa shape index (κ2) is 12.3. The van der Waals surface area contributed by atoms with E-state index >= 15 is 4.79 Å². The quantitative estimate of drug-likeness (QED) is 0.233. The zero-order valence-electron chi connectivity index (χ0n) is 26.1. The van der Waals surface area contributed by atoms with Gasteiger partial charge >= 0.3 is 0 Å². The van der Waals surface area contributed by atoms with Gasteiger partial charge in [0.1, 0.15) is 17.8 Å². The number of sulfonamides is 1. The number of ether oxygens (including phenoxy) is 3. The molecule has 1 saturated heterocycles. The van der Waals surface area contributed by atoms with Gasteiger partial charge in [0.25, 0.3) is 15.9 Å². The van der Waals surface area contributed by atoms with Crippen molar-refractivity contribution in [3.63, 3.8) is 0 Å². The van der Waals surface area contributed by atoms with Gasteiger partial charge in [-0.25, -0.2) is 17.7 Å². The van der Waals surface area contributed by atoms with Crippen LogP contribution in [0.5, 0.6) is 11.5 Å². The van der Waals surface area contributed by atoms with Crippen LogP contribution in [0.15, 0.2) is 82.4 Å². The van der Waals surface area contributed by atoms with E-state index in [4.69, 9.17) is 30.2 Å². The Morgan fingerprint density at radius 1 is 1.02 bits per heavy atom. The van der Waals surface area contributed by atoms with Crippen molar-refractivity contribution in [3.8, 4) is 11.5 Å². The average Bonchev–Trinajstić information content (AvgIpc) is 3.78. The Hall–Kier alpha value is -3.94. The molecular formula is C33H35ClN4O7S. The molecule has 3 atom stereocenters. The number of nitrogens with zero attached hydrogens (tertiary/aromatic N) is 4. The number of methoxy groups -OCH3 is 3. The summed E-state index contributed by atoms with van der Waals surface area (Å²) in [5.74, 6) is 0.536. The van der Waals surface area contributed by atoms with E-state index in [-0.39, 0.29) is 23.2 Å². The van der Waals surface area contributed by atoms with Gasteiger partial charge in [-0.15, -0.1) is 0 Å². The molecule has 1 amide bonds. The van der Waals surface area contributed by atoms with Gasteiger partial charge in [0.15, 0.2) is 5.54 Å². The van der Waals surface area contributed by atoms with Crippen molar-refractivity contribution in [1.82, 2.24) is 14.8 Å². The van der Waals surface area contributed by atoms with Gasteiger partial charge in [0, 0.05) is 36.3 Å². The summed E-state index contributed by atoms with van der Waals surface area (Å²) in [4.78, 5) is 23.8. The minimum absolute atomic E-state index is 0.0767. The molecule has 6 rings (SSSR count). The van der Waals surface area contributed by atoms with Crippen LogP contribution in [-0.2, 0) is 31.6 Å². The summed E-state index contributed by atoms with van der Waals surface area (Å²) >= 11 is 6.67. The van der Waals surface area contributed by atoms with Gasteiger partial charge in [-0.2, -0.15) is 0 Å². The molecule has 0 bridgehead atoms. The lowest BCUT2D eigenvalue weighted by Gasteiger charge is -2.41. The van der Waals surface area contributed by atoms with E-state index < -0.39 is 27.5 Å². The summed E-state index contributed by atoms with van der Waals surface area (Å²) < 4.78 is 52.8. The second-order valence-electron chi connectivity index (χ2n) is 11.5. The number of rotatable bonds is 10. The van der Waals surface area contributed by atoms with Crippen LogP contribution in [-0.4, -0.2) is 77.2 Å². The van der Waals surface area contributed by atoms with Crippen LogP contribution in [0.2, 0.25) is 5.02 Å². The third-order valence-electron chi connectivity index (χ3n) is 8.57. The highest BCUT2D eigenvalue weighted by molar-refractivity contribution is 7.93. The normalized spacial score (nSPS) is 21.6. The summed E-state index contributed by atoms with van der Waals surface area (Å²) in [6.07, 6.45) is 3.13. The third kappa shape index (κ3) is 5.14. The third-order valence-corrected chi connectivity index (χ3v) is 10.5. The molecule has 0 N–H and O–H groups in total. The molecule has 4 aromatic rings. The van der Waals surface area contributed by atoms with Crippen molar-refractivity contribution in [2.24, 2.45) is 0 Å². The number of halogens is 1. The summed E-state index contributed by atoms with van der Waals surface area (Å²) in [7, 11) is 4.06. The number of oxazole rings is 1. The Morgan fingerprint density at radius 2 is 1.78 bits per heavy atom. The van der Waals surface area contributed by atoms with Crippen molar-refractivity contribution in [2.75, 3.05) is 46.3 Å². The van der Waals surface area contributed by atoms with Gasteiger partial charge in [-0.3, -0.25) is 9.69 Å². The number of carbonyl (C=O) groups is 1. The van der Waals surface area contributed by atoms with Crippen LogP contribution < -0.4 is 13.8 Å². The number of anilines is 1. The topological polar surface area (TPSA) is 115 Å². The fraction of sp³-hybridized carbons (Fsp3) is 0.333. The molecule has 0 aliphatic carbocycles. The van der Waals surface area contributed by atoms with Gasteiger partial charge in [-0.1, -0.05) is 17.7 Å². The van der Waals surface area contributed by atoms with Gasteiger partial charge in [0.2, 0.25) is 5.89 Å². The molecular weight excluding hydrogens is 632 g/mol. The number of amides is 1. The Balaban J connectivity index is 1.69. The van der Waals surface area contributed by atoms with Gasteiger partial charge in [-0.05, 0) is 80.7 Å². The lowest BCUT2D eigenvalue weighted by atomic mass is 9.80. The molecule has 242 valence electrons. The summed E-state index contributed by atoms with van der Waals surface area (Å²) in [6.45, 7) is 0.806. The number of benzene rings is 3. The average molecular weight is 667 g/mol. The highest BCUT2D eigenvalue weighted by atomic mass is 35.5. The number of hydrogen-bond acceptors (Lipinski definition) is 10. The lowest BCUT2D eigenvalue weighted by molar-refractivity contribution is -0.127. The number of likely N-dealkylation sites (tertiary alicyclic amines) is 1. The van der Waals surface area contributed by atoms with E-state index in [2.05, 4.69) is 4.98 Å². The van der Waals surface area contributed by atoms with Crippen molar-refractivity contribution >= 4 is 33.2 Å². The van der Waals surface area contributed by atoms with Crippen LogP contribution >= 0.6 is 11.6 Å². The minimum atomic E-state index is -4.45. The fourth-order valence-corrected chi connectivity index (χ4v) is 8.24. The molecule has 2 aliphatic rings. The predicted octanol–water partition coefficient (Wildman–Crippen LogP) is 4.85. The van der Waals surface area contributed by atoms with Crippen molar-refractivity contribution in [3.05, 3.63) is 101 Å². The molecule has 0 saturated carbocycles. The maximum Gasteiger partial charge on any atom is 0.271 e. The Labute approximate surface area is 273 Å². The Kier molecular flexibility index (Phi) is 8.59. The molecule has 0 spiro atoms. The monoisotopic (exact) mass is 666 g/mol. The first kappa shape index (κ1) is 32.0. The molecule has 11 nitrogen and oxygen atoms in total. The highest BCUT2D eigenvalue weighted by Gasteiger charge is 2.63. The van der Waals surface area contributed by atoms with Crippen molar-refractivity contribution in [1.29, 1.82) is 0 Å². The largest absolute Gasteiger partial charge is 0.497 e. The van der Waals surface area contributed by atoms with E-state index in [1.807, 2.05) is 36.0 Å². The van der Waals surface area contributed by atoms with E-state index in [0.29, 0.717) is 46.5 Å². The standard InChI is InChI=1S/C33H35ClN4O7S/c1-36(2)19-21-6-13-30(44-5)27(16-21)33(37-20-24(43-4)18-29(37)31-35-14-15-45-31)26-17-22(34)7-12-28(26)38(32(33)39)46(40,41)25-10-8-23(42-3)9-11-25/h6-17,24,29H,18-20H2,1-5H3/t24-,29+,33?/m1/s1. The first-order valence-corrected chi connectivity index (χ1v) is 16.4. The van der Waals surface area contributed by atoms with Crippen molar-refractivity contribution < 1.29 is 31.8 Å². The maximum atomic E-state index is 15.5. The Bertz CT molecular complexity index is 1850. The summed E-state index contributed by atoms with van der Waals surface area (Å²) in [6, 6.07) is 15.8. The molecule has 3 heterocycles. The SMILES string of the molecule is COc1ccc(S(=O)(=O)N2C(=O)C(c3cc(CN(C)C)ccc3OC)(N3C[C@H](OC)C[C@H]3c3ncco3)c3cc(Cl)ccc32)cc1. The van der Waals surface area contributed by atoms with E-state index in [1.165, 1.54) is 32.6 Å². The van der Waals surface area contributed by atoms with Gasteiger partial charge in [0.05, 0.1) is 43.1 Å². The first-order valence-electron chi connectivity index (χ1n) is 14.6. The molecule has 0 radical (unpaired) electrons. The molecule has 2 aliphatic heterocycles. The van der Waals surface area contributed by atoms with Crippen LogP contribution in [0.4, 0.5) is 5.69 Å². The lowest BCUT2D eigenvalue weighted by Crippen LogP contribution is -2.55. The van der Waals surface area contributed by atoms with E-state index in [9.17, 15) is 8.42 Å². The molecule has 1 unspecified atom stereocenters. The van der Waals surface area contributed by atoms with E-state index in [0.717, 1.165) is 9.87 Å². The zero-order valence-corrected chi connectivity index (χ0v) is 27.7. The second-order valence-corrected chi connectivity index (χ2v) is 13.7. The molecule has 1 fully saturated rings. The van der Waals surface area contributed by atoms with Gasteiger partial charge < -0.3 is 23.5 Å². The van der Waals surface area contributed by atoms with Crippen molar-refractivity contribution in [2.45, 2.75) is 35.5 Å². The number of carbonyl (C=O) groups excluding carboxylic acids is 1. The van der Waals surface area contributed by atoms with Crippen LogP contribution in [0.1, 0.15) is 35.0 Å². The minimum Gasteiger partial charge on any atom is -0.497 e. The van der Waals surface area contributed by atoms with Crippen LogP contribution in [0.3, 0.4) is 0 Å². The number of hydrogen-bond donors (Lipinski definition) is 0. The fourth-order valence-electron chi connectivity index (χ4n) is 6.60. The molecule has 1 aromatic heterocycles. The number of fused-ring (bicyclic) bond motifs is 1. The smallest absolute Gasteiger partial charge is 0.271 e. The highest BCUT2D eigenvalue weighted by Crippen LogP contribution is 2.57. The summed E-state index contributed by atoms with van der Waals surface area (Å²) in [5, 5.41) is 0.332. The van der Waals surface area contributed by atoms with E-state index in [1.54, 1.807) is 49.7 Å². The zero-order chi connectivity index (χ0) is 32.8. The molecule has 13 heteroatoms. The van der Waals surface area contributed by atoms with Crippen LogP contribution in [0, 0.1) is 0 Å². The van der Waals surface area contributed by atoms with Crippen LogP contribution in [0.25, 0.3) is 0 Å². The first-order chi connectivity index (χ1) is 22.1. The number of aromatic nitrogens is 1. The molecule has 46 heavy (non-hydrogen) atoms.